The Morgan fingerprint density at radius 3 is 2.59 bits per heavy atom. The van der Waals surface area contributed by atoms with Gasteiger partial charge in [0.2, 0.25) is 0 Å². The fourth-order valence-corrected chi connectivity index (χ4v) is 5.52. The lowest BCUT2D eigenvalue weighted by molar-refractivity contribution is 0.0257. The molecule has 1 saturated heterocycles. The third-order valence-corrected chi connectivity index (χ3v) is 7.68. The van der Waals surface area contributed by atoms with Crippen LogP contribution in [-0.4, -0.2) is 44.6 Å². The van der Waals surface area contributed by atoms with Gasteiger partial charge in [-0.05, 0) is 31.2 Å². The van der Waals surface area contributed by atoms with Crippen molar-refractivity contribution in [2.24, 2.45) is 0 Å². The van der Waals surface area contributed by atoms with Crippen LogP contribution in [0.1, 0.15) is 21.0 Å². The second-order valence-electron chi connectivity index (χ2n) is 8.03. The zero-order valence-electron chi connectivity index (χ0n) is 18.0. The molecule has 3 aromatic rings. The number of nitrogens with zero attached hydrogens (tertiary/aromatic N) is 2. The van der Waals surface area contributed by atoms with Gasteiger partial charge in [-0.1, -0.05) is 11.6 Å². The van der Waals surface area contributed by atoms with E-state index in [-0.39, 0.29) is 44.8 Å². The highest BCUT2D eigenvalue weighted by Gasteiger charge is 2.38. The fraction of sp³-hybridized carbons (Fsp3) is 0.273. The van der Waals surface area contributed by atoms with Crippen LogP contribution in [0.15, 0.2) is 41.4 Å². The number of rotatable bonds is 5. The van der Waals surface area contributed by atoms with E-state index in [4.69, 9.17) is 11.6 Å². The highest BCUT2D eigenvalue weighted by atomic mass is 35.5. The van der Waals surface area contributed by atoms with E-state index < -0.39 is 34.0 Å². The van der Waals surface area contributed by atoms with Crippen molar-refractivity contribution in [1.82, 2.24) is 4.98 Å². The van der Waals surface area contributed by atoms with Crippen molar-refractivity contribution in [2.75, 3.05) is 29.6 Å². The summed E-state index contributed by atoms with van der Waals surface area (Å²) >= 11 is 7.09. The molecule has 1 aliphatic rings. The largest absolute Gasteiger partial charge is 0.364 e. The van der Waals surface area contributed by atoms with Gasteiger partial charge < -0.3 is 10.2 Å². The van der Waals surface area contributed by atoms with E-state index in [9.17, 15) is 26.4 Å². The van der Waals surface area contributed by atoms with E-state index in [0.29, 0.717) is 10.4 Å². The van der Waals surface area contributed by atoms with Gasteiger partial charge in [0.15, 0.2) is 15.7 Å². The molecule has 180 valence electrons. The van der Waals surface area contributed by atoms with Crippen LogP contribution in [0.5, 0.6) is 0 Å². The van der Waals surface area contributed by atoms with E-state index in [1.54, 1.807) is 6.92 Å². The molecule has 2 aromatic heterocycles. The van der Waals surface area contributed by atoms with Gasteiger partial charge >= 0.3 is 0 Å². The summed E-state index contributed by atoms with van der Waals surface area (Å²) in [6, 6.07) is 6.63. The molecule has 0 aliphatic carbocycles. The van der Waals surface area contributed by atoms with Crippen LogP contribution in [0.3, 0.4) is 0 Å². The number of nitrogens with one attached hydrogen (secondary N) is 1. The Hall–Kier alpha value is -2.63. The topological polar surface area (TPSA) is 79.4 Å². The Balaban J connectivity index is 1.57. The molecule has 0 atom stereocenters. The predicted octanol–water partition coefficient (Wildman–Crippen LogP) is 5.41. The Kier molecular flexibility index (Phi) is 6.38. The Morgan fingerprint density at radius 1 is 1.24 bits per heavy atom. The van der Waals surface area contributed by atoms with E-state index in [0.717, 1.165) is 17.6 Å². The number of benzene rings is 1. The third kappa shape index (κ3) is 5.21. The first-order chi connectivity index (χ1) is 15.8. The number of thiophene rings is 1. The number of aromatic nitrogens is 1. The second kappa shape index (κ2) is 8.86. The minimum atomic E-state index is -3.54. The average molecular weight is 530 g/mol. The summed E-state index contributed by atoms with van der Waals surface area (Å²) in [6.07, 6.45) is 2.08. The second-order valence-corrected chi connectivity index (χ2v) is 11.7. The summed E-state index contributed by atoms with van der Waals surface area (Å²) in [5.74, 6) is -4.03. The number of hydrogen-bond donors (Lipinski definition) is 1. The number of alkyl halides is 2. The summed E-state index contributed by atoms with van der Waals surface area (Å²) < 4.78 is 65.5. The summed E-state index contributed by atoms with van der Waals surface area (Å²) in [6.45, 7) is 1.33. The van der Waals surface area contributed by atoms with Gasteiger partial charge in [-0.3, -0.25) is 9.78 Å². The van der Waals surface area contributed by atoms with Crippen molar-refractivity contribution in [3.05, 3.63) is 57.1 Å². The molecule has 4 rings (SSSR count). The highest BCUT2D eigenvalue weighted by Crippen LogP contribution is 2.35. The third-order valence-electron chi connectivity index (χ3n) is 5.32. The van der Waals surface area contributed by atoms with Crippen LogP contribution in [0.4, 0.5) is 24.5 Å². The van der Waals surface area contributed by atoms with Crippen LogP contribution in [0.2, 0.25) is 5.02 Å². The minimum Gasteiger partial charge on any atom is -0.364 e. The molecule has 0 spiro atoms. The maximum Gasteiger partial charge on any atom is 0.266 e. The number of hydrogen-bond acceptors (Lipinski definition) is 6. The Morgan fingerprint density at radius 2 is 1.97 bits per heavy atom. The maximum absolute atomic E-state index is 14.9. The van der Waals surface area contributed by atoms with Crippen molar-refractivity contribution < 1.29 is 26.4 Å². The lowest BCUT2D eigenvalue weighted by Crippen LogP contribution is -2.25. The van der Waals surface area contributed by atoms with Crippen LogP contribution in [0.25, 0.3) is 11.3 Å². The van der Waals surface area contributed by atoms with Gasteiger partial charge in [-0.15, -0.1) is 11.3 Å². The van der Waals surface area contributed by atoms with E-state index >= 15 is 0 Å². The number of pyridine rings is 1. The van der Waals surface area contributed by atoms with Crippen molar-refractivity contribution in [3.8, 4) is 11.3 Å². The number of carbonyl (C=O) groups is 1. The SMILES string of the molecule is Cc1sc(C(=O)Nc2cc(Cl)cc(S(C)(=O)=O)c2)cc1-c1ncc(N2CCC(F)(F)C2)cc1F. The minimum absolute atomic E-state index is 0.00428. The molecule has 1 fully saturated rings. The smallest absolute Gasteiger partial charge is 0.266 e. The first kappa shape index (κ1) is 24.5. The van der Waals surface area contributed by atoms with Crippen LogP contribution in [-0.2, 0) is 9.84 Å². The van der Waals surface area contributed by atoms with Crippen molar-refractivity contribution >= 4 is 50.1 Å². The highest BCUT2D eigenvalue weighted by molar-refractivity contribution is 7.90. The standard InChI is InChI=1S/C22H19ClF3N3O3S2/c1-12-17(20-18(24)8-15(10-27-20)29-4-3-22(25,26)11-29)9-19(33-12)21(30)28-14-5-13(23)6-16(7-14)34(2,31)32/h5-10H,3-4,11H2,1-2H3,(H,28,30). The molecule has 1 amide bonds. The molecule has 1 aromatic carbocycles. The van der Waals surface area contributed by atoms with Crippen LogP contribution < -0.4 is 10.2 Å². The number of amides is 1. The van der Waals surface area contributed by atoms with Gasteiger partial charge in [0, 0.05) is 46.4 Å². The van der Waals surface area contributed by atoms with Crippen LogP contribution in [0, 0.1) is 12.7 Å². The van der Waals surface area contributed by atoms with E-state index in [1.807, 2.05) is 0 Å². The van der Waals surface area contributed by atoms with Crippen LogP contribution >= 0.6 is 22.9 Å². The molecule has 34 heavy (non-hydrogen) atoms. The molecule has 0 radical (unpaired) electrons. The number of aryl methyl sites for hydroxylation is 1. The normalized spacial score (nSPS) is 15.5. The average Bonchev–Trinajstić information content (AvgIpc) is 3.29. The maximum atomic E-state index is 14.9. The van der Waals surface area contributed by atoms with Crippen molar-refractivity contribution in [1.29, 1.82) is 0 Å². The fourth-order valence-electron chi connectivity index (χ4n) is 3.63. The quantitative estimate of drug-likeness (QED) is 0.478. The molecular weight excluding hydrogens is 511 g/mol. The molecule has 6 nitrogen and oxygen atoms in total. The number of halogens is 4. The van der Waals surface area contributed by atoms with Gasteiger partial charge in [-0.2, -0.15) is 0 Å². The molecule has 3 heterocycles. The molecule has 0 bridgehead atoms. The van der Waals surface area contributed by atoms with Gasteiger partial charge in [0.05, 0.1) is 28.2 Å². The zero-order chi connectivity index (χ0) is 24.8. The Labute approximate surface area is 203 Å². The summed E-state index contributed by atoms with van der Waals surface area (Å²) in [4.78, 5) is 19.1. The molecule has 1 aliphatic heterocycles. The van der Waals surface area contributed by atoms with Gasteiger partial charge in [-0.25, -0.2) is 21.6 Å². The molecule has 0 unspecified atom stereocenters. The lowest BCUT2D eigenvalue weighted by atomic mass is 10.1. The molecule has 12 heteroatoms. The summed E-state index contributed by atoms with van der Waals surface area (Å²) in [5, 5.41) is 2.74. The molecular formula is C22H19ClF3N3O3S2. The molecule has 1 N–H and O–H groups in total. The molecule has 0 saturated carbocycles. The summed E-state index contributed by atoms with van der Waals surface area (Å²) in [7, 11) is -3.54. The van der Waals surface area contributed by atoms with E-state index in [2.05, 4.69) is 10.3 Å². The number of carbonyl (C=O) groups excluding carboxylic acids is 1. The monoisotopic (exact) mass is 529 g/mol. The number of sulfone groups is 1. The van der Waals surface area contributed by atoms with Gasteiger partial charge in [0.25, 0.3) is 11.8 Å². The van der Waals surface area contributed by atoms with Crippen molar-refractivity contribution in [2.45, 2.75) is 24.2 Å². The first-order valence-electron chi connectivity index (χ1n) is 10.0. The van der Waals surface area contributed by atoms with Gasteiger partial charge in [0.1, 0.15) is 5.69 Å². The zero-order valence-corrected chi connectivity index (χ0v) is 20.4. The lowest BCUT2D eigenvalue weighted by Gasteiger charge is -2.18. The first-order valence-corrected chi connectivity index (χ1v) is 13.1. The number of anilines is 2. The predicted molar refractivity (Wildman–Crippen MR) is 127 cm³/mol. The van der Waals surface area contributed by atoms with E-state index in [1.165, 1.54) is 41.4 Å². The summed E-state index contributed by atoms with van der Waals surface area (Å²) in [5.41, 5.74) is 0.868. The Bertz CT molecular complexity index is 1390. The van der Waals surface area contributed by atoms with Crippen molar-refractivity contribution in [3.63, 3.8) is 0 Å².